The standard InChI is InChI=1S/C15H15N3/c16-15-11-14(12-7-3-1-4-8-12)18(17-15)13-9-5-2-6-10-13/h1-10,14H,11H2,(H2,16,17)/t14-/m1/s1. The third kappa shape index (κ3) is 1.95. The number of benzene rings is 2. The maximum atomic E-state index is 5.90. The minimum atomic E-state index is 0.202. The van der Waals surface area contributed by atoms with Crippen molar-refractivity contribution in [2.75, 3.05) is 5.01 Å². The predicted octanol–water partition coefficient (Wildman–Crippen LogP) is 2.91. The summed E-state index contributed by atoms with van der Waals surface area (Å²) < 4.78 is 0. The van der Waals surface area contributed by atoms with E-state index in [0.717, 1.165) is 12.1 Å². The van der Waals surface area contributed by atoms with Crippen molar-refractivity contribution in [2.24, 2.45) is 10.8 Å². The van der Waals surface area contributed by atoms with Crippen LogP contribution in [0.3, 0.4) is 0 Å². The van der Waals surface area contributed by atoms with Crippen molar-refractivity contribution in [1.29, 1.82) is 0 Å². The molecule has 0 radical (unpaired) electrons. The van der Waals surface area contributed by atoms with Crippen LogP contribution in [0.2, 0.25) is 0 Å². The summed E-state index contributed by atoms with van der Waals surface area (Å²) in [5.74, 6) is 0.688. The van der Waals surface area contributed by atoms with Gasteiger partial charge >= 0.3 is 0 Å². The van der Waals surface area contributed by atoms with E-state index < -0.39 is 0 Å². The minimum Gasteiger partial charge on any atom is -0.386 e. The first kappa shape index (κ1) is 10.8. The fourth-order valence-corrected chi connectivity index (χ4v) is 2.29. The van der Waals surface area contributed by atoms with Crippen molar-refractivity contribution >= 4 is 11.5 Å². The van der Waals surface area contributed by atoms with E-state index in [-0.39, 0.29) is 6.04 Å². The Bertz CT molecular complexity index is 548. The number of anilines is 1. The monoisotopic (exact) mass is 237 g/mol. The van der Waals surface area contributed by atoms with Crippen molar-refractivity contribution in [1.82, 2.24) is 0 Å². The van der Waals surface area contributed by atoms with Crippen molar-refractivity contribution in [2.45, 2.75) is 12.5 Å². The maximum Gasteiger partial charge on any atom is 0.122 e. The van der Waals surface area contributed by atoms with Gasteiger partial charge in [-0.3, -0.25) is 5.01 Å². The third-order valence-corrected chi connectivity index (χ3v) is 3.14. The van der Waals surface area contributed by atoms with Crippen LogP contribution in [0, 0.1) is 0 Å². The van der Waals surface area contributed by atoms with Gasteiger partial charge in [-0.05, 0) is 17.7 Å². The molecular formula is C15H15N3. The number of nitrogens with two attached hydrogens (primary N) is 1. The van der Waals surface area contributed by atoms with E-state index in [1.54, 1.807) is 0 Å². The smallest absolute Gasteiger partial charge is 0.122 e. The van der Waals surface area contributed by atoms with Gasteiger partial charge in [0.15, 0.2) is 0 Å². The number of rotatable bonds is 2. The Labute approximate surface area is 107 Å². The highest BCUT2D eigenvalue weighted by molar-refractivity contribution is 5.85. The minimum absolute atomic E-state index is 0.202. The zero-order chi connectivity index (χ0) is 12.4. The van der Waals surface area contributed by atoms with E-state index >= 15 is 0 Å². The largest absolute Gasteiger partial charge is 0.386 e. The van der Waals surface area contributed by atoms with E-state index in [4.69, 9.17) is 5.73 Å². The summed E-state index contributed by atoms with van der Waals surface area (Å²) >= 11 is 0. The quantitative estimate of drug-likeness (QED) is 0.872. The lowest BCUT2D eigenvalue weighted by Crippen LogP contribution is -2.18. The van der Waals surface area contributed by atoms with Crippen LogP contribution in [0.4, 0.5) is 5.69 Å². The number of hydrazone groups is 1. The second-order valence-corrected chi connectivity index (χ2v) is 4.40. The molecule has 2 aromatic carbocycles. The highest BCUT2D eigenvalue weighted by atomic mass is 15.5. The second-order valence-electron chi connectivity index (χ2n) is 4.40. The molecular weight excluding hydrogens is 222 g/mol. The van der Waals surface area contributed by atoms with Crippen LogP contribution in [0.1, 0.15) is 18.0 Å². The van der Waals surface area contributed by atoms with Crippen LogP contribution in [0.25, 0.3) is 0 Å². The van der Waals surface area contributed by atoms with E-state index in [1.165, 1.54) is 5.56 Å². The normalized spacial score (nSPS) is 18.8. The molecule has 0 unspecified atom stereocenters. The van der Waals surface area contributed by atoms with E-state index in [1.807, 2.05) is 41.4 Å². The molecule has 0 aliphatic carbocycles. The van der Waals surface area contributed by atoms with Gasteiger partial charge in [-0.25, -0.2) is 0 Å². The van der Waals surface area contributed by atoms with Crippen LogP contribution in [-0.4, -0.2) is 5.84 Å². The molecule has 0 saturated heterocycles. The molecule has 1 heterocycles. The summed E-state index contributed by atoms with van der Waals surface area (Å²) in [5.41, 5.74) is 8.22. The molecule has 3 rings (SSSR count). The van der Waals surface area contributed by atoms with Crippen LogP contribution >= 0.6 is 0 Å². The SMILES string of the molecule is NC1=NN(c2ccccc2)[C@@H](c2ccccc2)C1. The predicted molar refractivity (Wildman–Crippen MR) is 74.3 cm³/mol. The zero-order valence-electron chi connectivity index (χ0n) is 10.0. The molecule has 0 saturated carbocycles. The molecule has 0 spiro atoms. The molecule has 90 valence electrons. The summed E-state index contributed by atoms with van der Waals surface area (Å²) in [6.07, 6.45) is 0.777. The molecule has 1 aliphatic rings. The molecule has 0 bridgehead atoms. The Kier molecular flexibility index (Phi) is 2.73. The molecule has 0 amide bonds. The molecule has 2 aromatic rings. The van der Waals surface area contributed by atoms with Crippen molar-refractivity contribution < 1.29 is 0 Å². The maximum absolute atomic E-state index is 5.90. The van der Waals surface area contributed by atoms with Crippen LogP contribution in [-0.2, 0) is 0 Å². The summed E-state index contributed by atoms with van der Waals surface area (Å²) in [5, 5.41) is 6.45. The average molecular weight is 237 g/mol. The lowest BCUT2D eigenvalue weighted by atomic mass is 10.0. The summed E-state index contributed by atoms with van der Waals surface area (Å²) in [4.78, 5) is 0. The number of para-hydroxylation sites is 1. The van der Waals surface area contributed by atoms with E-state index in [2.05, 4.69) is 29.4 Å². The van der Waals surface area contributed by atoms with Gasteiger partial charge in [-0.15, -0.1) is 0 Å². The van der Waals surface area contributed by atoms with Gasteiger partial charge in [0.2, 0.25) is 0 Å². The molecule has 3 nitrogen and oxygen atoms in total. The van der Waals surface area contributed by atoms with Crippen molar-refractivity contribution in [3.63, 3.8) is 0 Å². The number of hydrogen-bond acceptors (Lipinski definition) is 3. The lowest BCUT2D eigenvalue weighted by Gasteiger charge is -2.23. The fraction of sp³-hybridized carbons (Fsp3) is 0.133. The molecule has 0 aromatic heterocycles. The Morgan fingerprint density at radius 1 is 0.944 bits per heavy atom. The number of nitrogens with zero attached hydrogens (tertiary/aromatic N) is 2. The van der Waals surface area contributed by atoms with E-state index in [9.17, 15) is 0 Å². The first-order valence-corrected chi connectivity index (χ1v) is 6.07. The fourth-order valence-electron chi connectivity index (χ4n) is 2.29. The Morgan fingerprint density at radius 2 is 1.56 bits per heavy atom. The molecule has 18 heavy (non-hydrogen) atoms. The van der Waals surface area contributed by atoms with Crippen molar-refractivity contribution in [3.8, 4) is 0 Å². The molecule has 3 heteroatoms. The topological polar surface area (TPSA) is 41.6 Å². The van der Waals surface area contributed by atoms with Crippen molar-refractivity contribution in [3.05, 3.63) is 66.2 Å². The highest BCUT2D eigenvalue weighted by Crippen LogP contribution is 2.33. The molecule has 1 aliphatic heterocycles. The Balaban J connectivity index is 1.97. The lowest BCUT2D eigenvalue weighted by molar-refractivity contribution is 0.708. The Hall–Kier alpha value is -2.29. The number of hydrogen-bond donors (Lipinski definition) is 1. The van der Waals surface area contributed by atoms with Crippen LogP contribution < -0.4 is 10.7 Å². The van der Waals surface area contributed by atoms with Gasteiger partial charge in [0, 0.05) is 6.42 Å². The number of amidine groups is 1. The van der Waals surface area contributed by atoms with E-state index in [0.29, 0.717) is 5.84 Å². The summed E-state index contributed by atoms with van der Waals surface area (Å²) in [7, 11) is 0. The van der Waals surface area contributed by atoms with Gasteiger partial charge in [0.25, 0.3) is 0 Å². The van der Waals surface area contributed by atoms with Gasteiger partial charge in [0.05, 0.1) is 11.7 Å². The van der Waals surface area contributed by atoms with Gasteiger partial charge in [-0.1, -0.05) is 48.5 Å². The highest BCUT2D eigenvalue weighted by Gasteiger charge is 2.27. The Morgan fingerprint density at radius 3 is 2.22 bits per heavy atom. The first-order valence-electron chi connectivity index (χ1n) is 6.07. The average Bonchev–Trinajstić information content (AvgIpc) is 2.83. The van der Waals surface area contributed by atoms with Gasteiger partial charge < -0.3 is 5.73 Å². The molecule has 1 atom stereocenters. The summed E-state index contributed by atoms with van der Waals surface area (Å²) in [6, 6.07) is 20.7. The molecule has 0 fully saturated rings. The third-order valence-electron chi connectivity index (χ3n) is 3.14. The molecule has 2 N–H and O–H groups in total. The van der Waals surface area contributed by atoms with Gasteiger partial charge in [0.1, 0.15) is 5.84 Å². The first-order chi connectivity index (χ1) is 8.84. The zero-order valence-corrected chi connectivity index (χ0v) is 10.0. The van der Waals surface area contributed by atoms with Crippen LogP contribution in [0.5, 0.6) is 0 Å². The van der Waals surface area contributed by atoms with Crippen LogP contribution in [0.15, 0.2) is 65.8 Å². The van der Waals surface area contributed by atoms with Gasteiger partial charge in [-0.2, -0.15) is 5.10 Å². The second kappa shape index (κ2) is 4.53. The summed E-state index contributed by atoms with van der Waals surface area (Å²) in [6.45, 7) is 0.